The van der Waals surface area contributed by atoms with Gasteiger partial charge in [-0.3, -0.25) is 20.0 Å². The SMILES string of the molecule is COc1ccc(C2=CCC(=O)N(CCC(=O)NCCC[NH+]3CCOCC3)N2)cc1. The molecule has 2 amide bonds. The first-order valence-corrected chi connectivity index (χ1v) is 10.3. The lowest BCUT2D eigenvalue weighted by molar-refractivity contribution is -0.908. The highest BCUT2D eigenvalue weighted by atomic mass is 16.5. The van der Waals surface area contributed by atoms with Crippen molar-refractivity contribution in [3.05, 3.63) is 35.9 Å². The average molecular weight is 404 g/mol. The Labute approximate surface area is 171 Å². The van der Waals surface area contributed by atoms with Crippen LogP contribution in [0.1, 0.15) is 24.8 Å². The Morgan fingerprint density at radius 2 is 2.03 bits per heavy atom. The van der Waals surface area contributed by atoms with Crippen molar-refractivity contribution in [2.75, 3.05) is 53.0 Å². The fourth-order valence-corrected chi connectivity index (χ4v) is 3.46. The van der Waals surface area contributed by atoms with Crippen LogP contribution >= 0.6 is 0 Å². The van der Waals surface area contributed by atoms with E-state index in [2.05, 4.69) is 10.7 Å². The van der Waals surface area contributed by atoms with Crippen molar-refractivity contribution in [1.29, 1.82) is 0 Å². The van der Waals surface area contributed by atoms with E-state index in [0.717, 1.165) is 56.3 Å². The van der Waals surface area contributed by atoms with Gasteiger partial charge in [-0.05, 0) is 35.9 Å². The van der Waals surface area contributed by atoms with Crippen molar-refractivity contribution >= 4 is 17.5 Å². The van der Waals surface area contributed by atoms with Gasteiger partial charge >= 0.3 is 0 Å². The van der Waals surface area contributed by atoms with Gasteiger partial charge in [0.05, 0.1) is 39.1 Å². The molecule has 0 atom stereocenters. The van der Waals surface area contributed by atoms with E-state index in [1.807, 2.05) is 30.3 Å². The number of morpholine rings is 1. The van der Waals surface area contributed by atoms with E-state index in [-0.39, 0.29) is 18.2 Å². The van der Waals surface area contributed by atoms with E-state index in [1.165, 1.54) is 9.91 Å². The van der Waals surface area contributed by atoms with Crippen molar-refractivity contribution in [2.24, 2.45) is 0 Å². The third-order valence-corrected chi connectivity index (χ3v) is 5.23. The van der Waals surface area contributed by atoms with Crippen LogP contribution in [0.4, 0.5) is 0 Å². The maximum Gasteiger partial charge on any atom is 0.244 e. The van der Waals surface area contributed by atoms with Gasteiger partial charge in [0.15, 0.2) is 0 Å². The summed E-state index contributed by atoms with van der Waals surface area (Å²) in [6.07, 6.45) is 3.42. The Kier molecular flexibility index (Phi) is 7.89. The summed E-state index contributed by atoms with van der Waals surface area (Å²) in [5.74, 6) is 0.716. The molecule has 3 rings (SSSR count). The number of hydrogen-bond donors (Lipinski definition) is 3. The van der Waals surface area contributed by atoms with Gasteiger partial charge in [0.1, 0.15) is 18.8 Å². The maximum absolute atomic E-state index is 12.2. The molecule has 0 unspecified atom stereocenters. The minimum absolute atomic E-state index is 0.0304. The van der Waals surface area contributed by atoms with Crippen LogP contribution in [-0.4, -0.2) is 69.9 Å². The van der Waals surface area contributed by atoms with Crippen molar-refractivity contribution in [1.82, 2.24) is 15.8 Å². The minimum atomic E-state index is -0.0361. The predicted molar refractivity (Wildman–Crippen MR) is 109 cm³/mol. The van der Waals surface area contributed by atoms with Crippen molar-refractivity contribution < 1.29 is 24.0 Å². The zero-order valence-electron chi connectivity index (χ0n) is 17.0. The first-order chi connectivity index (χ1) is 14.2. The molecule has 0 saturated carbocycles. The number of nitrogens with one attached hydrogen (secondary N) is 3. The van der Waals surface area contributed by atoms with Crippen LogP contribution in [-0.2, 0) is 14.3 Å². The van der Waals surface area contributed by atoms with Gasteiger partial charge in [0.2, 0.25) is 11.8 Å². The number of ether oxygens (including phenoxy) is 2. The third-order valence-electron chi connectivity index (χ3n) is 5.23. The summed E-state index contributed by atoms with van der Waals surface area (Å²) < 4.78 is 10.5. The summed E-state index contributed by atoms with van der Waals surface area (Å²) in [6.45, 7) is 5.79. The minimum Gasteiger partial charge on any atom is -0.497 e. The second-order valence-electron chi connectivity index (χ2n) is 7.27. The van der Waals surface area contributed by atoms with Gasteiger partial charge in [-0.1, -0.05) is 0 Å². The molecular weight excluding hydrogens is 372 g/mol. The van der Waals surface area contributed by atoms with E-state index in [0.29, 0.717) is 19.5 Å². The molecule has 1 aromatic rings. The molecule has 1 saturated heterocycles. The normalized spacial score (nSPS) is 17.5. The van der Waals surface area contributed by atoms with E-state index >= 15 is 0 Å². The van der Waals surface area contributed by atoms with Gasteiger partial charge in [-0.25, -0.2) is 0 Å². The summed E-state index contributed by atoms with van der Waals surface area (Å²) in [5.41, 5.74) is 4.96. The maximum atomic E-state index is 12.2. The highest BCUT2D eigenvalue weighted by molar-refractivity contribution is 5.84. The van der Waals surface area contributed by atoms with E-state index in [1.54, 1.807) is 7.11 Å². The molecule has 8 nitrogen and oxygen atoms in total. The zero-order chi connectivity index (χ0) is 20.5. The fraction of sp³-hybridized carbons (Fsp3) is 0.524. The van der Waals surface area contributed by atoms with Crippen LogP contribution in [0.15, 0.2) is 30.3 Å². The van der Waals surface area contributed by atoms with E-state index in [9.17, 15) is 9.59 Å². The molecule has 29 heavy (non-hydrogen) atoms. The van der Waals surface area contributed by atoms with Crippen LogP contribution in [0.25, 0.3) is 5.70 Å². The molecule has 0 aromatic heterocycles. The molecule has 0 radical (unpaired) electrons. The molecule has 2 aliphatic heterocycles. The Hall–Kier alpha value is -2.58. The summed E-state index contributed by atoms with van der Waals surface area (Å²) >= 11 is 0. The van der Waals surface area contributed by atoms with Gasteiger partial charge in [0.25, 0.3) is 0 Å². The standard InChI is InChI=1S/C21H30N4O4/c1-28-18-5-3-17(4-6-18)19-7-8-21(27)25(23-19)12-9-20(26)22-10-2-11-24-13-15-29-16-14-24/h3-7,23H,2,8-16H2,1H3,(H,22,26)/p+1. The number of rotatable bonds is 9. The first kappa shape index (κ1) is 21.1. The Balaban J connectivity index is 1.38. The van der Waals surface area contributed by atoms with Crippen LogP contribution in [0.5, 0.6) is 5.75 Å². The Morgan fingerprint density at radius 3 is 2.76 bits per heavy atom. The lowest BCUT2D eigenvalue weighted by Crippen LogP contribution is -3.14. The van der Waals surface area contributed by atoms with Gasteiger partial charge < -0.3 is 19.7 Å². The lowest BCUT2D eigenvalue weighted by Gasteiger charge is -2.29. The topological polar surface area (TPSA) is 84.3 Å². The second-order valence-corrected chi connectivity index (χ2v) is 7.27. The number of carbonyl (C=O) groups is 2. The molecule has 0 bridgehead atoms. The number of methoxy groups -OCH3 is 1. The summed E-state index contributed by atoms with van der Waals surface area (Å²) in [7, 11) is 1.63. The highest BCUT2D eigenvalue weighted by Gasteiger charge is 2.20. The number of quaternary nitrogens is 1. The average Bonchev–Trinajstić information content (AvgIpc) is 2.77. The lowest BCUT2D eigenvalue weighted by atomic mass is 10.1. The number of hydrazine groups is 1. The Morgan fingerprint density at radius 1 is 1.28 bits per heavy atom. The number of hydrogen-bond acceptors (Lipinski definition) is 5. The van der Waals surface area contributed by atoms with E-state index < -0.39 is 0 Å². The highest BCUT2D eigenvalue weighted by Crippen LogP contribution is 2.20. The number of benzene rings is 1. The quantitative estimate of drug-likeness (QED) is 0.488. The van der Waals surface area contributed by atoms with Gasteiger partial charge in [-0.2, -0.15) is 0 Å². The zero-order valence-corrected chi connectivity index (χ0v) is 17.0. The van der Waals surface area contributed by atoms with Crippen molar-refractivity contribution in [3.63, 3.8) is 0 Å². The van der Waals surface area contributed by atoms with Crippen LogP contribution < -0.4 is 20.4 Å². The molecular formula is C21H31N4O4+. The predicted octanol–water partition coefficient (Wildman–Crippen LogP) is -0.415. The summed E-state index contributed by atoms with van der Waals surface area (Å²) in [5, 5.41) is 4.48. The molecule has 0 aliphatic carbocycles. The van der Waals surface area contributed by atoms with Crippen molar-refractivity contribution in [2.45, 2.75) is 19.3 Å². The molecule has 2 aliphatic rings. The fourth-order valence-electron chi connectivity index (χ4n) is 3.46. The first-order valence-electron chi connectivity index (χ1n) is 10.3. The van der Waals surface area contributed by atoms with Gasteiger partial charge in [-0.15, -0.1) is 0 Å². The molecule has 158 valence electrons. The second kappa shape index (κ2) is 10.8. The van der Waals surface area contributed by atoms with Crippen molar-refractivity contribution in [3.8, 4) is 5.75 Å². The number of carbonyl (C=O) groups excluding carboxylic acids is 2. The number of nitrogens with zero attached hydrogens (tertiary/aromatic N) is 1. The molecule has 8 heteroatoms. The molecule has 1 aromatic carbocycles. The van der Waals surface area contributed by atoms with Crippen LogP contribution in [0.3, 0.4) is 0 Å². The van der Waals surface area contributed by atoms with E-state index in [4.69, 9.17) is 9.47 Å². The molecule has 3 N–H and O–H groups in total. The van der Waals surface area contributed by atoms with Crippen LogP contribution in [0, 0.1) is 0 Å². The summed E-state index contributed by atoms with van der Waals surface area (Å²) in [4.78, 5) is 25.8. The monoisotopic (exact) mass is 403 g/mol. The third kappa shape index (κ3) is 6.47. The largest absolute Gasteiger partial charge is 0.497 e. The number of amides is 2. The van der Waals surface area contributed by atoms with Gasteiger partial charge in [0, 0.05) is 25.8 Å². The Bertz CT molecular complexity index is 714. The van der Waals surface area contributed by atoms with Crippen LogP contribution in [0.2, 0.25) is 0 Å². The molecule has 1 fully saturated rings. The molecule has 2 heterocycles. The molecule has 0 spiro atoms. The smallest absolute Gasteiger partial charge is 0.244 e. The summed E-state index contributed by atoms with van der Waals surface area (Å²) in [6, 6.07) is 7.64.